The second-order valence-corrected chi connectivity index (χ2v) is 6.09. The fraction of sp³-hybridized carbons (Fsp3) is 0.438. The predicted octanol–water partition coefficient (Wildman–Crippen LogP) is 0.676. The number of hydrogen-bond acceptors (Lipinski definition) is 3. The number of likely N-dealkylation sites (tertiary alicyclic amines) is 1. The molecule has 2 fully saturated rings. The lowest BCUT2D eigenvalue weighted by molar-refractivity contribution is -0.134. The molecular formula is C16H19N3O3. The van der Waals surface area contributed by atoms with E-state index in [0.717, 1.165) is 5.56 Å². The summed E-state index contributed by atoms with van der Waals surface area (Å²) in [4.78, 5) is 37.5. The molecule has 0 unspecified atom stereocenters. The predicted molar refractivity (Wildman–Crippen MR) is 79.9 cm³/mol. The number of carbonyl (C=O) groups is 3. The Morgan fingerprint density at radius 1 is 1.32 bits per heavy atom. The largest absolute Gasteiger partial charge is 0.339 e. The average molecular weight is 301 g/mol. The number of carbonyl (C=O) groups excluding carboxylic acids is 3. The molecule has 22 heavy (non-hydrogen) atoms. The summed E-state index contributed by atoms with van der Waals surface area (Å²) in [5.41, 5.74) is 0.184. The Morgan fingerprint density at radius 3 is 2.68 bits per heavy atom. The maximum absolute atomic E-state index is 12.6. The van der Waals surface area contributed by atoms with Crippen molar-refractivity contribution < 1.29 is 14.4 Å². The highest BCUT2D eigenvalue weighted by molar-refractivity contribution is 6.07. The Morgan fingerprint density at radius 2 is 2.05 bits per heavy atom. The molecule has 2 saturated heterocycles. The summed E-state index contributed by atoms with van der Waals surface area (Å²) >= 11 is 0. The van der Waals surface area contributed by atoms with E-state index in [1.807, 2.05) is 37.3 Å². The first-order valence-corrected chi connectivity index (χ1v) is 7.46. The smallest absolute Gasteiger partial charge is 0.322 e. The van der Waals surface area contributed by atoms with Crippen LogP contribution in [0.3, 0.4) is 0 Å². The third kappa shape index (κ3) is 2.56. The second-order valence-electron chi connectivity index (χ2n) is 6.09. The van der Waals surface area contributed by atoms with E-state index in [4.69, 9.17) is 0 Å². The minimum atomic E-state index is -0.931. The van der Waals surface area contributed by atoms with Gasteiger partial charge in [0.25, 0.3) is 5.91 Å². The molecular weight excluding hydrogens is 282 g/mol. The topological polar surface area (TPSA) is 78.5 Å². The highest BCUT2D eigenvalue weighted by atomic mass is 16.2. The van der Waals surface area contributed by atoms with E-state index in [2.05, 4.69) is 10.6 Å². The van der Waals surface area contributed by atoms with Crippen LogP contribution in [0.25, 0.3) is 0 Å². The van der Waals surface area contributed by atoms with E-state index in [9.17, 15) is 14.4 Å². The van der Waals surface area contributed by atoms with E-state index in [1.54, 1.807) is 4.90 Å². The highest BCUT2D eigenvalue weighted by Gasteiger charge is 2.51. The molecule has 1 aromatic carbocycles. The van der Waals surface area contributed by atoms with Gasteiger partial charge < -0.3 is 10.2 Å². The first kappa shape index (κ1) is 14.6. The molecule has 116 valence electrons. The Bertz CT molecular complexity index is 616. The summed E-state index contributed by atoms with van der Waals surface area (Å²) in [6.45, 7) is 2.64. The van der Waals surface area contributed by atoms with Crippen LogP contribution in [0.4, 0.5) is 4.79 Å². The van der Waals surface area contributed by atoms with Gasteiger partial charge in [0.05, 0.1) is 6.54 Å². The first-order chi connectivity index (χ1) is 10.5. The summed E-state index contributed by atoms with van der Waals surface area (Å²) in [5.74, 6) is -0.462. The van der Waals surface area contributed by atoms with Crippen molar-refractivity contribution in [3.05, 3.63) is 35.9 Å². The normalized spacial score (nSPS) is 25.2. The minimum absolute atomic E-state index is 0.0228. The van der Waals surface area contributed by atoms with Gasteiger partial charge in [-0.3, -0.25) is 14.9 Å². The number of hydrogen-bond donors (Lipinski definition) is 2. The van der Waals surface area contributed by atoms with Crippen LogP contribution in [-0.4, -0.2) is 41.4 Å². The first-order valence-electron chi connectivity index (χ1n) is 7.46. The van der Waals surface area contributed by atoms with Crippen LogP contribution in [0.15, 0.2) is 30.3 Å². The molecule has 0 aromatic heterocycles. The van der Waals surface area contributed by atoms with Crippen LogP contribution < -0.4 is 10.6 Å². The Balaban J connectivity index is 1.64. The van der Waals surface area contributed by atoms with Gasteiger partial charge in [0.2, 0.25) is 5.91 Å². The van der Waals surface area contributed by atoms with Gasteiger partial charge in [0, 0.05) is 12.5 Å². The number of nitrogens with one attached hydrogen (secondary N) is 2. The molecule has 2 heterocycles. The van der Waals surface area contributed by atoms with Gasteiger partial charge >= 0.3 is 6.03 Å². The molecule has 0 saturated carbocycles. The van der Waals surface area contributed by atoms with Gasteiger partial charge in [-0.2, -0.15) is 0 Å². The number of amides is 4. The fourth-order valence-corrected chi connectivity index (χ4v) is 3.18. The van der Waals surface area contributed by atoms with E-state index in [-0.39, 0.29) is 24.3 Å². The molecule has 6 heteroatoms. The van der Waals surface area contributed by atoms with Crippen molar-refractivity contribution in [1.82, 2.24) is 15.5 Å². The third-order valence-corrected chi connectivity index (χ3v) is 4.40. The van der Waals surface area contributed by atoms with Crippen LogP contribution in [0.1, 0.15) is 18.9 Å². The number of nitrogens with zero attached hydrogens (tertiary/aromatic N) is 1. The number of benzene rings is 1. The van der Waals surface area contributed by atoms with Crippen LogP contribution in [-0.2, 0) is 16.0 Å². The van der Waals surface area contributed by atoms with Gasteiger partial charge in [0.1, 0.15) is 5.54 Å². The molecule has 2 atom stereocenters. The molecule has 0 bridgehead atoms. The Kier molecular flexibility index (Phi) is 3.60. The van der Waals surface area contributed by atoms with Crippen molar-refractivity contribution in [3.8, 4) is 0 Å². The van der Waals surface area contributed by atoms with Gasteiger partial charge in [-0.25, -0.2) is 4.79 Å². The van der Waals surface area contributed by atoms with Crippen LogP contribution >= 0.6 is 0 Å². The standard InChI is InChI=1S/C16H19N3O3/c1-11(9-12-5-3-2-4-6-12)13(20)19-8-7-16(10-19)14(21)17-15(22)18-16/h2-6,11H,7-10H2,1H3,(H2,17,18,21,22)/t11-,16+/m0/s1. The summed E-state index contributed by atoms with van der Waals surface area (Å²) in [6.07, 6.45) is 1.14. The molecule has 0 aliphatic carbocycles. The SMILES string of the molecule is C[C@@H](Cc1ccccc1)C(=O)N1CC[C@]2(C1)NC(=O)NC2=O. The lowest BCUT2D eigenvalue weighted by Gasteiger charge is -2.23. The molecule has 0 radical (unpaired) electrons. The zero-order chi connectivity index (χ0) is 15.7. The van der Waals surface area contributed by atoms with Crippen molar-refractivity contribution in [3.63, 3.8) is 0 Å². The van der Waals surface area contributed by atoms with Crippen LogP contribution in [0, 0.1) is 5.92 Å². The van der Waals surface area contributed by atoms with Crippen molar-refractivity contribution in [2.75, 3.05) is 13.1 Å². The molecule has 2 N–H and O–H groups in total. The van der Waals surface area contributed by atoms with Crippen molar-refractivity contribution in [1.29, 1.82) is 0 Å². The van der Waals surface area contributed by atoms with Gasteiger partial charge in [0.15, 0.2) is 0 Å². The van der Waals surface area contributed by atoms with Crippen LogP contribution in [0.2, 0.25) is 0 Å². The maximum atomic E-state index is 12.6. The molecule has 4 amide bonds. The monoisotopic (exact) mass is 301 g/mol. The lowest BCUT2D eigenvalue weighted by Crippen LogP contribution is -2.50. The second kappa shape index (κ2) is 5.44. The summed E-state index contributed by atoms with van der Waals surface area (Å²) in [7, 11) is 0. The molecule has 1 aromatic rings. The van der Waals surface area contributed by atoms with Gasteiger partial charge in [-0.15, -0.1) is 0 Å². The molecule has 1 spiro atoms. The third-order valence-electron chi connectivity index (χ3n) is 4.40. The fourth-order valence-electron chi connectivity index (χ4n) is 3.18. The lowest BCUT2D eigenvalue weighted by atomic mass is 9.98. The van der Waals surface area contributed by atoms with Crippen LogP contribution in [0.5, 0.6) is 0 Å². The zero-order valence-electron chi connectivity index (χ0n) is 12.5. The van der Waals surface area contributed by atoms with Gasteiger partial charge in [-0.05, 0) is 18.4 Å². The average Bonchev–Trinajstić information content (AvgIpc) is 3.03. The van der Waals surface area contributed by atoms with E-state index in [0.29, 0.717) is 19.4 Å². The minimum Gasteiger partial charge on any atom is -0.339 e. The Hall–Kier alpha value is -2.37. The zero-order valence-corrected chi connectivity index (χ0v) is 12.5. The van der Waals surface area contributed by atoms with Gasteiger partial charge in [-0.1, -0.05) is 37.3 Å². The molecule has 2 aliphatic heterocycles. The highest BCUT2D eigenvalue weighted by Crippen LogP contribution is 2.26. The Labute approximate surface area is 128 Å². The van der Waals surface area contributed by atoms with E-state index >= 15 is 0 Å². The summed E-state index contributed by atoms with van der Waals surface area (Å²) in [6, 6.07) is 9.38. The number of imide groups is 1. The molecule has 3 rings (SSSR count). The molecule has 6 nitrogen and oxygen atoms in total. The van der Waals surface area contributed by atoms with Crippen molar-refractivity contribution in [2.24, 2.45) is 5.92 Å². The van der Waals surface area contributed by atoms with E-state index in [1.165, 1.54) is 0 Å². The summed E-state index contributed by atoms with van der Waals surface area (Å²) in [5, 5.41) is 4.91. The van der Waals surface area contributed by atoms with E-state index < -0.39 is 11.6 Å². The number of rotatable bonds is 3. The molecule has 2 aliphatic rings. The summed E-state index contributed by atoms with van der Waals surface area (Å²) < 4.78 is 0. The quantitative estimate of drug-likeness (QED) is 0.806. The van der Waals surface area contributed by atoms with Crippen molar-refractivity contribution >= 4 is 17.8 Å². The van der Waals surface area contributed by atoms with Crippen molar-refractivity contribution in [2.45, 2.75) is 25.3 Å². The maximum Gasteiger partial charge on any atom is 0.322 e. The number of urea groups is 1.